The van der Waals surface area contributed by atoms with Crippen molar-refractivity contribution in [1.82, 2.24) is 9.71 Å². The number of hydrogen-bond donors (Lipinski definition) is 1. The van der Waals surface area contributed by atoms with Gasteiger partial charge in [0.05, 0.1) is 23.6 Å². The van der Waals surface area contributed by atoms with Crippen molar-refractivity contribution in [2.75, 3.05) is 19.8 Å². The first kappa shape index (κ1) is 20.6. The van der Waals surface area contributed by atoms with Crippen molar-refractivity contribution < 1.29 is 17.9 Å². The molecular weight excluding hydrogens is 388 g/mol. The molecule has 0 unspecified atom stereocenters. The lowest BCUT2D eigenvalue weighted by Gasteiger charge is -2.09. The van der Waals surface area contributed by atoms with Gasteiger partial charge in [0, 0.05) is 17.6 Å². The van der Waals surface area contributed by atoms with Gasteiger partial charge in [-0.1, -0.05) is 17.9 Å². The minimum atomic E-state index is -3.64. The first-order valence-corrected chi connectivity index (χ1v) is 10.6. The number of nitrogens with one attached hydrogen (secondary N) is 1. The van der Waals surface area contributed by atoms with Crippen LogP contribution in [-0.2, 0) is 10.0 Å². The van der Waals surface area contributed by atoms with E-state index in [0.29, 0.717) is 18.1 Å². The Morgan fingerprint density at radius 2 is 1.93 bits per heavy atom. The molecule has 7 heteroatoms. The number of pyridine rings is 1. The number of ether oxygens (including phenoxy) is 2. The summed E-state index contributed by atoms with van der Waals surface area (Å²) in [7, 11) is -3.64. The van der Waals surface area contributed by atoms with Crippen LogP contribution in [0, 0.1) is 18.8 Å². The van der Waals surface area contributed by atoms with E-state index in [-0.39, 0.29) is 18.0 Å². The molecule has 0 bridgehead atoms. The fourth-order valence-corrected chi connectivity index (χ4v) is 3.70. The summed E-state index contributed by atoms with van der Waals surface area (Å²) in [6, 6.07) is 14.2. The number of aryl methyl sites for hydroxylation is 1. The van der Waals surface area contributed by atoms with Crippen molar-refractivity contribution in [1.29, 1.82) is 0 Å². The van der Waals surface area contributed by atoms with E-state index >= 15 is 0 Å². The fraction of sp³-hybridized carbons (Fsp3) is 0.227. The van der Waals surface area contributed by atoms with Crippen molar-refractivity contribution in [2.45, 2.75) is 18.7 Å². The fourth-order valence-electron chi connectivity index (χ4n) is 2.69. The zero-order valence-electron chi connectivity index (χ0n) is 16.3. The van der Waals surface area contributed by atoms with Crippen LogP contribution in [0.25, 0.3) is 10.9 Å². The molecule has 1 aromatic heterocycles. The van der Waals surface area contributed by atoms with Crippen LogP contribution in [0.15, 0.2) is 59.6 Å². The normalized spacial score (nSPS) is 11.0. The lowest BCUT2D eigenvalue weighted by molar-refractivity contribution is 0.337. The van der Waals surface area contributed by atoms with Crippen LogP contribution in [0.2, 0.25) is 0 Å². The van der Waals surface area contributed by atoms with Crippen molar-refractivity contribution in [3.63, 3.8) is 0 Å². The zero-order chi connectivity index (χ0) is 20.7. The predicted octanol–water partition coefficient (Wildman–Crippen LogP) is 3.30. The Kier molecular flexibility index (Phi) is 6.70. The summed E-state index contributed by atoms with van der Waals surface area (Å²) in [4.78, 5) is 4.46. The highest BCUT2D eigenvalue weighted by Gasteiger charge is 2.14. The first-order chi connectivity index (χ1) is 14.0. The van der Waals surface area contributed by atoms with E-state index in [1.807, 2.05) is 44.2 Å². The van der Waals surface area contributed by atoms with Crippen LogP contribution >= 0.6 is 0 Å². The molecule has 3 aromatic rings. The SMILES string of the molecule is CCOc1ccc(S(=O)(=O)NCC#CCOc2ccc3cccnc3c2)cc1C. The van der Waals surface area contributed by atoms with E-state index in [0.717, 1.165) is 16.5 Å². The molecule has 0 aliphatic carbocycles. The summed E-state index contributed by atoms with van der Waals surface area (Å²) in [5.74, 6) is 6.90. The van der Waals surface area contributed by atoms with E-state index < -0.39 is 10.0 Å². The highest BCUT2D eigenvalue weighted by molar-refractivity contribution is 7.89. The molecule has 0 aliphatic heterocycles. The van der Waals surface area contributed by atoms with Gasteiger partial charge in [-0.05, 0) is 55.8 Å². The minimum Gasteiger partial charge on any atom is -0.494 e. The lowest BCUT2D eigenvalue weighted by Crippen LogP contribution is -2.24. The van der Waals surface area contributed by atoms with Crippen molar-refractivity contribution in [3.05, 3.63) is 60.3 Å². The van der Waals surface area contributed by atoms with Gasteiger partial charge in [-0.15, -0.1) is 0 Å². The second-order valence-corrected chi connectivity index (χ2v) is 7.95. The Hall–Kier alpha value is -3.08. The maximum Gasteiger partial charge on any atom is 0.241 e. The van der Waals surface area contributed by atoms with Crippen LogP contribution in [0.3, 0.4) is 0 Å². The molecular formula is C22H22N2O4S. The summed E-state index contributed by atoms with van der Waals surface area (Å²) in [6.45, 7) is 4.37. The van der Waals surface area contributed by atoms with E-state index in [1.165, 1.54) is 6.07 Å². The molecule has 0 radical (unpaired) electrons. The van der Waals surface area contributed by atoms with Crippen LogP contribution in [0.1, 0.15) is 12.5 Å². The van der Waals surface area contributed by atoms with Crippen molar-refractivity contribution in [2.24, 2.45) is 0 Å². The first-order valence-electron chi connectivity index (χ1n) is 9.16. The largest absolute Gasteiger partial charge is 0.494 e. The van der Waals surface area contributed by atoms with Gasteiger partial charge in [0.1, 0.15) is 18.1 Å². The van der Waals surface area contributed by atoms with Gasteiger partial charge in [0.25, 0.3) is 0 Å². The predicted molar refractivity (Wildman–Crippen MR) is 113 cm³/mol. The maximum atomic E-state index is 12.4. The Morgan fingerprint density at radius 3 is 2.72 bits per heavy atom. The molecule has 0 amide bonds. The second kappa shape index (κ2) is 9.41. The molecule has 0 aliphatic rings. The Balaban J connectivity index is 1.53. The van der Waals surface area contributed by atoms with Gasteiger partial charge in [-0.3, -0.25) is 4.98 Å². The van der Waals surface area contributed by atoms with Gasteiger partial charge in [-0.25, -0.2) is 8.42 Å². The standard InChI is InChI=1S/C22H22N2O4S/c1-3-27-22-11-10-20(15-17(22)2)29(25,26)24-13-4-5-14-28-19-9-8-18-7-6-12-23-21(18)16-19/h6-12,15-16,24H,3,13-14H2,1-2H3. The quantitative estimate of drug-likeness (QED) is 0.605. The van der Waals surface area contributed by atoms with E-state index in [4.69, 9.17) is 9.47 Å². The van der Waals surface area contributed by atoms with Crippen LogP contribution in [-0.4, -0.2) is 33.2 Å². The molecule has 1 heterocycles. The average Bonchev–Trinajstić information content (AvgIpc) is 2.72. The van der Waals surface area contributed by atoms with E-state index in [1.54, 1.807) is 18.3 Å². The van der Waals surface area contributed by atoms with Crippen LogP contribution < -0.4 is 14.2 Å². The Labute approximate surface area is 170 Å². The third-order valence-electron chi connectivity index (χ3n) is 4.12. The summed E-state index contributed by atoms with van der Waals surface area (Å²) in [5.41, 5.74) is 1.61. The molecule has 0 saturated carbocycles. The Bertz CT molecular complexity index is 1160. The molecule has 3 rings (SSSR count). The highest BCUT2D eigenvalue weighted by Crippen LogP contribution is 2.21. The summed E-state index contributed by atoms with van der Waals surface area (Å²) in [6.07, 6.45) is 1.73. The second-order valence-electron chi connectivity index (χ2n) is 6.19. The van der Waals surface area contributed by atoms with Gasteiger partial charge in [0.2, 0.25) is 10.0 Å². The highest BCUT2D eigenvalue weighted by atomic mass is 32.2. The molecule has 150 valence electrons. The molecule has 0 spiro atoms. The third-order valence-corrected chi connectivity index (χ3v) is 5.52. The smallest absolute Gasteiger partial charge is 0.241 e. The van der Waals surface area contributed by atoms with Crippen molar-refractivity contribution in [3.8, 4) is 23.3 Å². The number of benzene rings is 2. The molecule has 29 heavy (non-hydrogen) atoms. The molecule has 6 nitrogen and oxygen atoms in total. The molecule has 1 N–H and O–H groups in total. The summed E-state index contributed by atoms with van der Waals surface area (Å²) < 4.78 is 38.2. The van der Waals surface area contributed by atoms with Crippen LogP contribution in [0.5, 0.6) is 11.5 Å². The Morgan fingerprint density at radius 1 is 1.07 bits per heavy atom. The number of rotatable bonds is 7. The molecule has 2 aromatic carbocycles. The lowest BCUT2D eigenvalue weighted by atomic mass is 10.2. The molecule has 0 fully saturated rings. The van der Waals surface area contributed by atoms with Crippen LogP contribution in [0.4, 0.5) is 0 Å². The van der Waals surface area contributed by atoms with Gasteiger partial charge in [-0.2, -0.15) is 4.72 Å². The molecule has 0 atom stereocenters. The van der Waals surface area contributed by atoms with Gasteiger partial charge in [0.15, 0.2) is 0 Å². The van der Waals surface area contributed by atoms with E-state index in [2.05, 4.69) is 21.5 Å². The number of aromatic nitrogens is 1. The third kappa shape index (κ3) is 5.47. The summed E-state index contributed by atoms with van der Waals surface area (Å²) in [5, 5.41) is 1.03. The number of nitrogens with zero attached hydrogens (tertiary/aromatic N) is 1. The van der Waals surface area contributed by atoms with E-state index in [9.17, 15) is 8.42 Å². The van der Waals surface area contributed by atoms with Gasteiger partial charge >= 0.3 is 0 Å². The van der Waals surface area contributed by atoms with Gasteiger partial charge < -0.3 is 9.47 Å². The summed E-state index contributed by atoms with van der Waals surface area (Å²) >= 11 is 0. The minimum absolute atomic E-state index is 0.00275. The number of sulfonamides is 1. The number of hydrogen-bond acceptors (Lipinski definition) is 5. The maximum absolute atomic E-state index is 12.4. The number of fused-ring (bicyclic) bond motifs is 1. The van der Waals surface area contributed by atoms with Crippen molar-refractivity contribution >= 4 is 20.9 Å². The molecule has 0 saturated heterocycles. The zero-order valence-corrected chi connectivity index (χ0v) is 17.1. The topological polar surface area (TPSA) is 77.5 Å². The average molecular weight is 410 g/mol. The monoisotopic (exact) mass is 410 g/mol.